The van der Waals surface area contributed by atoms with E-state index in [9.17, 15) is 19.5 Å². The number of aliphatic carboxylic acids is 1. The van der Waals surface area contributed by atoms with Crippen molar-refractivity contribution in [2.75, 3.05) is 20.1 Å². The van der Waals surface area contributed by atoms with Gasteiger partial charge in [0.25, 0.3) is 0 Å². The van der Waals surface area contributed by atoms with Gasteiger partial charge in [-0.3, -0.25) is 4.79 Å². The number of amides is 3. The van der Waals surface area contributed by atoms with Crippen molar-refractivity contribution in [3.63, 3.8) is 0 Å². The number of nitrogens with zero attached hydrogens (tertiary/aromatic N) is 1. The largest absolute Gasteiger partial charge is 0.480 e. The van der Waals surface area contributed by atoms with Crippen LogP contribution in [0.15, 0.2) is 0 Å². The molecule has 0 aromatic carbocycles. The molecule has 1 heterocycles. The lowest BCUT2D eigenvalue weighted by Crippen LogP contribution is -2.58. The van der Waals surface area contributed by atoms with Gasteiger partial charge in [0.05, 0.1) is 5.92 Å². The molecule has 118 valence electrons. The van der Waals surface area contributed by atoms with Gasteiger partial charge in [-0.1, -0.05) is 12.8 Å². The number of nitrogens with one attached hydrogen (secondary N) is 2. The molecule has 0 aromatic heterocycles. The second-order valence-electron chi connectivity index (χ2n) is 5.92. The van der Waals surface area contributed by atoms with E-state index in [4.69, 9.17) is 0 Å². The van der Waals surface area contributed by atoms with E-state index >= 15 is 0 Å². The number of piperidine rings is 1. The quantitative estimate of drug-likeness (QED) is 0.708. The molecule has 0 radical (unpaired) electrons. The lowest BCUT2D eigenvalue weighted by molar-refractivity contribution is -0.144. The Labute approximate surface area is 124 Å². The van der Waals surface area contributed by atoms with Gasteiger partial charge in [0.15, 0.2) is 0 Å². The highest BCUT2D eigenvalue weighted by molar-refractivity contribution is 5.87. The van der Waals surface area contributed by atoms with E-state index in [0.717, 1.165) is 25.7 Å². The molecular weight excluding hydrogens is 274 g/mol. The Kier molecular flexibility index (Phi) is 4.69. The first kappa shape index (κ1) is 15.6. The first-order valence-electron chi connectivity index (χ1n) is 7.50. The molecule has 2 aliphatic rings. The van der Waals surface area contributed by atoms with Crippen LogP contribution in [0.4, 0.5) is 4.79 Å². The molecule has 1 unspecified atom stereocenters. The van der Waals surface area contributed by atoms with Crippen LogP contribution in [0, 0.1) is 5.92 Å². The minimum Gasteiger partial charge on any atom is -0.480 e. The minimum absolute atomic E-state index is 0.0682. The van der Waals surface area contributed by atoms with Crippen LogP contribution in [0.2, 0.25) is 0 Å². The monoisotopic (exact) mass is 297 g/mol. The zero-order valence-corrected chi connectivity index (χ0v) is 12.4. The molecule has 0 spiro atoms. The SMILES string of the molecule is CNC(=O)C1CCCN(C(=O)NC2(C(=O)O)CCCC2)C1. The van der Waals surface area contributed by atoms with Gasteiger partial charge in [0, 0.05) is 20.1 Å². The van der Waals surface area contributed by atoms with Crippen molar-refractivity contribution in [3.8, 4) is 0 Å². The molecule has 1 aliphatic carbocycles. The van der Waals surface area contributed by atoms with Gasteiger partial charge in [0.2, 0.25) is 5.91 Å². The lowest BCUT2D eigenvalue weighted by atomic mass is 9.96. The third-order valence-corrected chi connectivity index (χ3v) is 4.54. The Morgan fingerprint density at radius 3 is 2.43 bits per heavy atom. The summed E-state index contributed by atoms with van der Waals surface area (Å²) < 4.78 is 0. The van der Waals surface area contributed by atoms with Crippen LogP contribution in [0.5, 0.6) is 0 Å². The predicted molar refractivity (Wildman–Crippen MR) is 75.7 cm³/mol. The van der Waals surface area contributed by atoms with Gasteiger partial charge in [-0.25, -0.2) is 9.59 Å². The number of hydrogen-bond donors (Lipinski definition) is 3. The summed E-state index contributed by atoms with van der Waals surface area (Å²) in [5.74, 6) is -1.24. The summed E-state index contributed by atoms with van der Waals surface area (Å²) in [6.45, 7) is 0.913. The van der Waals surface area contributed by atoms with Crippen LogP contribution in [0.25, 0.3) is 0 Å². The van der Waals surface area contributed by atoms with Crippen LogP contribution in [0.1, 0.15) is 38.5 Å². The third-order valence-electron chi connectivity index (χ3n) is 4.54. The standard InChI is InChI=1S/C14H23N3O4/c1-15-11(18)10-5-4-8-17(9-10)13(21)16-14(12(19)20)6-2-3-7-14/h10H,2-9H2,1H3,(H,15,18)(H,16,21)(H,19,20). The lowest BCUT2D eigenvalue weighted by Gasteiger charge is -2.35. The summed E-state index contributed by atoms with van der Waals surface area (Å²) in [7, 11) is 1.58. The van der Waals surface area contributed by atoms with Crippen molar-refractivity contribution in [1.82, 2.24) is 15.5 Å². The normalized spacial score (nSPS) is 24.4. The molecule has 2 fully saturated rings. The van der Waals surface area contributed by atoms with Crippen molar-refractivity contribution in [3.05, 3.63) is 0 Å². The van der Waals surface area contributed by atoms with Crippen LogP contribution in [-0.4, -0.2) is 53.6 Å². The van der Waals surface area contributed by atoms with Gasteiger partial charge in [-0.05, 0) is 25.7 Å². The molecule has 1 atom stereocenters. The highest BCUT2D eigenvalue weighted by Crippen LogP contribution is 2.30. The summed E-state index contributed by atoms with van der Waals surface area (Å²) in [6.07, 6.45) is 4.08. The highest BCUT2D eigenvalue weighted by atomic mass is 16.4. The second-order valence-corrected chi connectivity index (χ2v) is 5.92. The summed E-state index contributed by atoms with van der Waals surface area (Å²) in [5, 5.41) is 14.7. The fourth-order valence-electron chi connectivity index (χ4n) is 3.23. The van der Waals surface area contributed by atoms with E-state index in [0.29, 0.717) is 25.9 Å². The zero-order chi connectivity index (χ0) is 15.5. The Balaban J connectivity index is 1.99. The molecule has 1 saturated heterocycles. The minimum atomic E-state index is -1.13. The molecule has 7 heteroatoms. The van der Waals surface area contributed by atoms with Gasteiger partial charge in [-0.2, -0.15) is 0 Å². The Morgan fingerprint density at radius 1 is 1.19 bits per heavy atom. The predicted octanol–water partition coefficient (Wildman–Crippen LogP) is 0.551. The van der Waals surface area contributed by atoms with E-state index in [1.807, 2.05) is 0 Å². The third kappa shape index (κ3) is 3.28. The van der Waals surface area contributed by atoms with Crippen LogP contribution in [0.3, 0.4) is 0 Å². The van der Waals surface area contributed by atoms with Gasteiger partial charge >= 0.3 is 12.0 Å². The number of urea groups is 1. The van der Waals surface area contributed by atoms with Crippen LogP contribution >= 0.6 is 0 Å². The number of hydrogen-bond acceptors (Lipinski definition) is 3. The Hall–Kier alpha value is -1.79. The van der Waals surface area contributed by atoms with Crippen molar-refractivity contribution >= 4 is 17.9 Å². The van der Waals surface area contributed by atoms with Crippen LogP contribution < -0.4 is 10.6 Å². The number of likely N-dealkylation sites (tertiary alicyclic amines) is 1. The van der Waals surface area contributed by atoms with E-state index in [1.54, 1.807) is 11.9 Å². The number of carbonyl (C=O) groups excluding carboxylic acids is 2. The molecule has 3 N–H and O–H groups in total. The van der Waals surface area contributed by atoms with E-state index < -0.39 is 11.5 Å². The zero-order valence-electron chi connectivity index (χ0n) is 12.4. The van der Waals surface area contributed by atoms with Crippen molar-refractivity contribution < 1.29 is 19.5 Å². The smallest absolute Gasteiger partial charge is 0.329 e. The molecule has 1 saturated carbocycles. The molecule has 3 amide bonds. The molecule has 21 heavy (non-hydrogen) atoms. The second kappa shape index (κ2) is 6.32. The summed E-state index contributed by atoms with van der Waals surface area (Å²) in [5.41, 5.74) is -1.13. The highest BCUT2D eigenvalue weighted by Gasteiger charge is 2.43. The first-order chi connectivity index (χ1) is 9.98. The van der Waals surface area contributed by atoms with Gasteiger partial charge < -0.3 is 20.6 Å². The molecule has 0 aromatic rings. The fourth-order valence-corrected chi connectivity index (χ4v) is 3.23. The maximum absolute atomic E-state index is 12.3. The van der Waals surface area contributed by atoms with E-state index in [-0.39, 0.29) is 17.9 Å². The van der Waals surface area contributed by atoms with Crippen molar-refractivity contribution in [2.45, 2.75) is 44.1 Å². The number of rotatable bonds is 3. The summed E-state index contributed by atoms with van der Waals surface area (Å²) in [6, 6.07) is -0.368. The summed E-state index contributed by atoms with van der Waals surface area (Å²) >= 11 is 0. The number of carboxylic acids is 1. The Bertz CT molecular complexity index is 432. The van der Waals surface area contributed by atoms with E-state index in [1.165, 1.54) is 0 Å². The topological polar surface area (TPSA) is 98.7 Å². The molecule has 2 rings (SSSR count). The number of carbonyl (C=O) groups is 3. The van der Waals surface area contributed by atoms with Crippen molar-refractivity contribution in [2.24, 2.45) is 5.92 Å². The first-order valence-corrected chi connectivity index (χ1v) is 7.50. The van der Waals surface area contributed by atoms with Crippen molar-refractivity contribution in [1.29, 1.82) is 0 Å². The average Bonchev–Trinajstić information content (AvgIpc) is 2.96. The van der Waals surface area contributed by atoms with E-state index in [2.05, 4.69) is 10.6 Å². The molecular formula is C14H23N3O4. The fraction of sp³-hybridized carbons (Fsp3) is 0.786. The maximum atomic E-state index is 12.3. The number of carboxylic acid groups (broad SMARTS) is 1. The summed E-state index contributed by atoms with van der Waals surface area (Å²) in [4.78, 5) is 37.1. The average molecular weight is 297 g/mol. The van der Waals surface area contributed by atoms with Crippen LogP contribution in [-0.2, 0) is 9.59 Å². The molecule has 1 aliphatic heterocycles. The van der Waals surface area contributed by atoms with Gasteiger partial charge in [-0.15, -0.1) is 0 Å². The van der Waals surface area contributed by atoms with Gasteiger partial charge in [0.1, 0.15) is 5.54 Å². The molecule has 7 nitrogen and oxygen atoms in total. The maximum Gasteiger partial charge on any atom is 0.329 e. The Morgan fingerprint density at radius 2 is 1.86 bits per heavy atom. The molecule has 0 bridgehead atoms.